The van der Waals surface area contributed by atoms with Gasteiger partial charge in [0.25, 0.3) is 0 Å². The summed E-state index contributed by atoms with van der Waals surface area (Å²) in [6.07, 6.45) is 8.70. The molecule has 0 heteroatoms. The Hall–Kier alpha value is 0. The number of rotatable bonds is 0. The monoisotopic (exact) mass is 425 g/mol. The van der Waals surface area contributed by atoms with Gasteiger partial charge in [-0.05, 0) is 71.0 Å². The third kappa shape index (κ3) is 10.5. The van der Waals surface area contributed by atoms with Crippen LogP contribution >= 0.6 is 0 Å². The van der Waals surface area contributed by atoms with Gasteiger partial charge in [0.15, 0.2) is 0 Å². The van der Waals surface area contributed by atoms with E-state index in [0.29, 0.717) is 21.7 Å². The minimum Gasteiger partial charge on any atom is -0.0683 e. The lowest BCUT2D eigenvalue weighted by atomic mass is 9.66. The van der Waals surface area contributed by atoms with Gasteiger partial charge in [-0.2, -0.15) is 0 Å². The van der Waals surface area contributed by atoms with Crippen molar-refractivity contribution in [3.63, 3.8) is 0 Å². The predicted octanol–water partition coefficient (Wildman–Crippen LogP) is 11.0. The molecule has 2 saturated carbocycles. The van der Waals surface area contributed by atoms with E-state index in [1.807, 2.05) is 27.7 Å². The third-order valence-corrected chi connectivity index (χ3v) is 7.48. The van der Waals surface area contributed by atoms with E-state index in [0.717, 1.165) is 23.7 Å². The fourth-order valence-corrected chi connectivity index (χ4v) is 6.07. The maximum absolute atomic E-state index is 2.40. The van der Waals surface area contributed by atoms with E-state index in [9.17, 15) is 0 Å². The molecule has 2 fully saturated rings. The molecule has 2 rings (SSSR count). The molecule has 0 bridgehead atoms. The minimum atomic E-state index is 0.508. The van der Waals surface area contributed by atoms with Crippen LogP contribution in [0.1, 0.15) is 149 Å². The van der Waals surface area contributed by atoms with Crippen molar-refractivity contribution in [2.75, 3.05) is 0 Å². The van der Waals surface area contributed by atoms with Gasteiger partial charge in [0.1, 0.15) is 0 Å². The first-order chi connectivity index (χ1) is 13.5. The van der Waals surface area contributed by atoms with Crippen molar-refractivity contribution in [1.29, 1.82) is 0 Å². The fourth-order valence-electron chi connectivity index (χ4n) is 6.07. The van der Waals surface area contributed by atoms with E-state index in [-0.39, 0.29) is 0 Å². The van der Waals surface area contributed by atoms with E-state index < -0.39 is 0 Å². The van der Waals surface area contributed by atoms with Crippen molar-refractivity contribution in [2.45, 2.75) is 149 Å². The highest BCUT2D eigenvalue weighted by Crippen LogP contribution is 2.51. The van der Waals surface area contributed by atoms with Crippen LogP contribution in [-0.4, -0.2) is 0 Å². The largest absolute Gasteiger partial charge is 0.0683 e. The highest BCUT2D eigenvalue weighted by Gasteiger charge is 2.42. The van der Waals surface area contributed by atoms with Crippen LogP contribution in [0.4, 0.5) is 0 Å². The summed E-state index contributed by atoms with van der Waals surface area (Å²) in [5.41, 5.74) is 2.03. The Labute approximate surface area is 194 Å². The predicted molar refractivity (Wildman–Crippen MR) is 142 cm³/mol. The van der Waals surface area contributed by atoms with Gasteiger partial charge in [-0.1, -0.05) is 124 Å². The van der Waals surface area contributed by atoms with E-state index in [1.54, 1.807) is 0 Å². The van der Waals surface area contributed by atoms with Crippen molar-refractivity contribution < 1.29 is 0 Å². The van der Waals surface area contributed by atoms with E-state index in [4.69, 9.17) is 0 Å². The first kappa shape index (κ1) is 32.2. The number of hydrogen-bond acceptors (Lipinski definition) is 0. The van der Waals surface area contributed by atoms with Crippen LogP contribution in [0.5, 0.6) is 0 Å². The van der Waals surface area contributed by atoms with Crippen molar-refractivity contribution in [3.8, 4) is 0 Å². The molecule has 0 aliphatic heterocycles. The molecule has 4 unspecified atom stereocenters. The second-order valence-electron chi connectivity index (χ2n) is 13.8. The lowest BCUT2D eigenvalue weighted by Crippen LogP contribution is -2.32. The molecule has 0 heterocycles. The zero-order valence-corrected chi connectivity index (χ0v) is 24.6. The van der Waals surface area contributed by atoms with E-state index in [1.165, 1.54) is 38.5 Å². The number of hydrogen-bond donors (Lipinski definition) is 0. The zero-order valence-electron chi connectivity index (χ0n) is 24.6. The smallest absolute Gasteiger partial charge is 0.0332 e. The van der Waals surface area contributed by atoms with Gasteiger partial charge in [0, 0.05) is 0 Å². The molecule has 0 amide bonds. The summed E-state index contributed by atoms with van der Waals surface area (Å²) < 4.78 is 0. The van der Waals surface area contributed by atoms with Crippen molar-refractivity contribution in [3.05, 3.63) is 0 Å². The molecule has 4 atom stereocenters. The minimum absolute atomic E-state index is 0.508. The van der Waals surface area contributed by atoms with Gasteiger partial charge in [-0.25, -0.2) is 0 Å². The Kier molecular flexibility index (Phi) is 13.8. The van der Waals surface area contributed by atoms with Gasteiger partial charge in [0.2, 0.25) is 0 Å². The Morgan fingerprint density at radius 1 is 0.333 bits per heavy atom. The molecule has 0 spiro atoms. The molecular formula is C30H64. The molecule has 0 N–H and O–H groups in total. The SMILES string of the molecule is CC.CC.CC(C)(C)C1CCCC1C(C)(C)C.CC(C)(C)C1CCCC1C(C)(C)C. The van der Waals surface area contributed by atoms with Crippen molar-refractivity contribution in [1.82, 2.24) is 0 Å². The second kappa shape index (κ2) is 12.9. The summed E-state index contributed by atoms with van der Waals surface area (Å²) in [7, 11) is 0. The quantitative estimate of drug-likeness (QED) is 0.362. The molecule has 0 nitrogen and oxygen atoms in total. The molecule has 2 aliphatic carbocycles. The van der Waals surface area contributed by atoms with E-state index >= 15 is 0 Å². The second-order valence-corrected chi connectivity index (χ2v) is 13.8. The fraction of sp³-hybridized carbons (Fsp3) is 1.00. The Bertz CT molecular complexity index is 333. The highest BCUT2D eigenvalue weighted by molar-refractivity contribution is 4.92. The van der Waals surface area contributed by atoms with Crippen molar-refractivity contribution in [2.24, 2.45) is 45.3 Å². The third-order valence-electron chi connectivity index (χ3n) is 7.48. The van der Waals surface area contributed by atoms with Gasteiger partial charge < -0.3 is 0 Å². The zero-order chi connectivity index (χ0) is 24.6. The maximum atomic E-state index is 2.40. The summed E-state index contributed by atoms with van der Waals surface area (Å²) in [5.74, 6) is 3.75. The van der Waals surface area contributed by atoms with Crippen LogP contribution < -0.4 is 0 Å². The molecule has 2 aliphatic rings. The Balaban J connectivity index is 0. The summed E-state index contributed by atoms with van der Waals surface area (Å²) in [6.45, 7) is 36.9. The van der Waals surface area contributed by atoms with Crippen LogP contribution in [0.15, 0.2) is 0 Å². The molecule has 184 valence electrons. The Morgan fingerprint density at radius 2 is 0.467 bits per heavy atom. The standard InChI is InChI=1S/2C13H26.2C2H6/c2*1-12(2,3)10-8-7-9-11(10)13(4,5)6;2*1-2/h2*10-11H,7-9H2,1-6H3;2*1-2H3. The lowest BCUT2D eigenvalue weighted by molar-refractivity contribution is 0.0992. The van der Waals surface area contributed by atoms with Gasteiger partial charge in [-0.15, -0.1) is 0 Å². The topological polar surface area (TPSA) is 0 Å². The van der Waals surface area contributed by atoms with Crippen LogP contribution in [0.25, 0.3) is 0 Å². The van der Waals surface area contributed by atoms with Gasteiger partial charge >= 0.3 is 0 Å². The summed E-state index contributed by atoms with van der Waals surface area (Å²) in [6, 6.07) is 0. The van der Waals surface area contributed by atoms with Crippen LogP contribution in [0.2, 0.25) is 0 Å². The van der Waals surface area contributed by atoms with Gasteiger partial charge in [0.05, 0.1) is 0 Å². The first-order valence-electron chi connectivity index (χ1n) is 13.5. The summed E-state index contributed by atoms with van der Waals surface area (Å²) in [5, 5.41) is 0. The lowest BCUT2D eigenvalue weighted by Gasteiger charge is -2.39. The van der Waals surface area contributed by atoms with Crippen molar-refractivity contribution >= 4 is 0 Å². The highest BCUT2D eigenvalue weighted by atomic mass is 14.5. The van der Waals surface area contributed by atoms with Crippen LogP contribution in [-0.2, 0) is 0 Å². The van der Waals surface area contributed by atoms with Crippen LogP contribution in [0, 0.1) is 45.3 Å². The normalized spacial score (nSPS) is 27.2. The Morgan fingerprint density at radius 3 is 0.567 bits per heavy atom. The van der Waals surface area contributed by atoms with Crippen LogP contribution in [0.3, 0.4) is 0 Å². The molecule has 0 aromatic heterocycles. The molecule has 0 saturated heterocycles. The molecule has 0 aromatic rings. The molecule has 30 heavy (non-hydrogen) atoms. The molecule has 0 radical (unpaired) electrons. The molecule has 0 aromatic carbocycles. The average molecular weight is 425 g/mol. The van der Waals surface area contributed by atoms with E-state index in [2.05, 4.69) is 83.1 Å². The van der Waals surface area contributed by atoms with Gasteiger partial charge in [-0.3, -0.25) is 0 Å². The molecular weight excluding hydrogens is 360 g/mol. The summed E-state index contributed by atoms with van der Waals surface area (Å²) in [4.78, 5) is 0. The first-order valence-corrected chi connectivity index (χ1v) is 13.5. The average Bonchev–Trinajstić information content (AvgIpc) is 3.27. The maximum Gasteiger partial charge on any atom is -0.0332 e. The summed E-state index contributed by atoms with van der Waals surface area (Å²) >= 11 is 0.